The molecule has 3 rings (SSSR count). The molecule has 1 aliphatic carbocycles. The second kappa shape index (κ2) is 3.48. The van der Waals surface area contributed by atoms with E-state index >= 15 is 0 Å². The Labute approximate surface area is 104 Å². The van der Waals surface area contributed by atoms with Gasteiger partial charge in [-0.2, -0.15) is 0 Å². The van der Waals surface area contributed by atoms with Gasteiger partial charge >= 0.3 is 5.97 Å². The lowest BCUT2D eigenvalue weighted by Gasteiger charge is -2.24. The zero-order valence-electron chi connectivity index (χ0n) is 9.90. The third-order valence-corrected chi connectivity index (χ3v) is 3.62. The van der Waals surface area contributed by atoms with Crippen LogP contribution in [-0.2, 0) is 15.0 Å². The van der Waals surface area contributed by atoms with Crippen molar-refractivity contribution in [2.75, 3.05) is 5.32 Å². The number of amides is 1. The molecule has 1 heterocycles. The summed E-state index contributed by atoms with van der Waals surface area (Å²) in [5, 5.41) is 12.0. The number of nitrogens with one attached hydrogen (secondary N) is 1. The van der Waals surface area contributed by atoms with E-state index in [1.807, 2.05) is 0 Å². The van der Waals surface area contributed by atoms with Crippen LogP contribution in [0.15, 0.2) is 18.2 Å². The Bertz CT molecular complexity index is 548. The molecule has 0 spiro atoms. The van der Waals surface area contributed by atoms with E-state index in [1.54, 1.807) is 25.1 Å². The SMILES string of the molecule is CC1Oc2ccc(C3(C(=O)O)CC3)cc2NC1=O. The second-order valence-corrected chi connectivity index (χ2v) is 4.85. The van der Waals surface area contributed by atoms with Crippen molar-refractivity contribution in [3.8, 4) is 5.75 Å². The lowest BCUT2D eigenvalue weighted by atomic mass is 9.95. The summed E-state index contributed by atoms with van der Waals surface area (Å²) >= 11 is 0. The smallest absolute Gasteiger partial charge is 0.314 e. The quantitative estimate of drug-likeness (QED) is 0.830. The Morgan fingerprint density at radius 2 is 2.22 bits per heavy atom. The molecule has 1 saturated carbocycles. The van der Waals surface area contributed by atoms with Gasteiger partial charge < -0.3 is 15.2 Å². The number of carboxylic acids is 1. The number of carboxylic acid groups (broad SMARTS) is 1. The maximum atomic E-state index is 11.5. The molecule has 2 N–H and O–H groups in total. The van der Waals surface area contributed by atoms with E-state index in [4.69, 9.17) is 4.74 Å². The highest BCUT2D eigenvalue weighted by atomic mass is 16.5. The number of carbonyl (C=O) groups excluding carboxylic acids is 1. The number of hydrogen-bond donors (Lipinski definition) is 2. The van der Waals surface area contributed by atoms with Crippen LogP contribution >= 0.6 is 0 Å². The van der Waals surface area contributed by atoms with Crippen LogP contribution in [0.2, 0.25) is 0 Å². The van der Waals surface area contributed by atoms with Crippen LogP contribution in [0.5, 0.6) is 5.75 Å². The van der Waals surface area contributed by atoms with Gasteiger partial charge in [-0.25, -0.2) is 0 Å². The largest absolute Gasteiger partial charge is 0.481 e. The van der Waals surface area contributed by atoms with Gasteiger partial charge in [-0.05, 0) is 37.5 Å². The topological polar surface area (TPSA) is 75.6 Å². The Hall–Kier alpha value is -2.04. The van der Waals surface area contributed by atoms with Crippen molar-refractivity contribution in [1.29, 1.82) is 0 Å². The van der Waals surface area contributed by atoms with E-state index in [9.17, 15) is 14.7 Å². The molecule has 1 aromatic carbocycles. The highest BCUT2D eigenvalue weighted by Gasteiger charge is 2.52. The highest BCUT2D eigenvalue weighted by molar-refractivity contribution is 5.98. The van der Waals surface area contributed by atoms with Crippen molar-refractivity contribution < 1.29 is 19.4 Å². The van der Waals surface area contributed by atoms with Crippen LogP contribution in [0, 0.1) is 0 Å². The number of aliphatic carboxylic acids is 1. The number of ether oxygens (including phenoxy) is 1. The summed E-state index contributed by atoms with van der Waals surface area (Å²) in [5.74, 6) is -0.425. The summed E-state index contributed by atoms with van der Waals surface area (Å²) in [6.07, 6.45) is 0.774. The molecule has 5 heteroatoms. The van der Waals surface area contributed by atoms with Gasteiger partial charge in [0.15, 0.2) is 6.10 Å². The predicted octanol–water partition coefficient (Wildman–Crippen LogP) is 1.52. The first-order valence-corrected chi connectivity index (χ1v) is 5.88. The predicted molar refractivity (Wildman–Crippen MR) is 63.7 cm³/mol. The zero-order chi connectivity index (χ0) is 12.9. The number of carbonyl (C=O) groups is 2. The van der Waals surface area contributed by atoms with E-state index in [2.05, 4.69) is 5.32 Å². The maximum absolute atomic E-state index is 11.5. The standard InChI is InChI=1S/C13H13NO4/c1-7-11(15)14-9-6-8(2-3-10(9)18-7)13(4-5-13)12(16)17/h2-3,6-7H,4-5H2,1H3,(H,14,15)(H,16,17). The summed E-state index contributed by atoms with van der Waals surface area (Å²) in [5.41, 5.74) is 0.526. The van der Waals surface area contributed by atoms with Gasteiger partial charge in [0, 0.05) is 0 Å². The lowest BCUT2D eigenvalue weighted by Crippen LogP contribution is -2.34. The molecule has 0 bridgehead atoms. The zero-order valence-corrected chi connectivity index (χ0v) is 9.90. The molecule has 0 aromatic heterocycles. The molecule has 0 radical (unpaired) electrons. The molecular weight excluding hydrogens is 234 g/mol. The summed E-state index contributed by atoms with van der Waals surface area (Å²) in [7, 11) is 0. The molecule has 1 fully saturated rings. The molecule has 0 saturated heterocycles. The number of anilines is 1. The second-order valence-electron chi connectivity index (χ2n) is 4.85. The fourth-order valence-corrected chi connectivity index (χ4v) is 2.26. The van der Waals surface area contributed by atoms with Crippen molar-refractivity contribution >= 4 is 17.6 Å². The van der Waals surface area contributed by atoms with Crippen LogP contribution in [0.3, 0.4) is 0 Å². The average molecular weight is 247 g/mol. The molecule has 2 aliphatic rings. The van der Waals surface area contributed by atoms with Gasteiger partial charge in [0.1, 0.15) is 5.75 Å². The average Bonchev–Trinajstić information content (AvgIpc) is 3.11. The first kappa shape index (κ1) is 11.1. The lowest BCUT2D eigenvalue weighted by molar-refractivity contribution is -0.140. The first-order valence-electron chi connectivity index (χ1n) is 5.88. The first-order chi connectivity index (χ1) is 8.53. The maximum Gasteiger partial charge on any atom is 0.314 e. The fourth-order valence-electron chi connectivity index (χ4n) is 2.26. The fraction of sp³-hybridized carbons (Fsp3) is 0.385. The Morgan fingerprint density at radius 3 is 2.83 bits per heavy atom. The van der Waals surface area contributed by atoms with Gasteiger partial charge in [-0.15, -0.1) is 0 Å². The summed E-state index contributed by atoms with van der Waals surface area (Å²) < 4.78 is 5.43. The summed E-state index contributed by atoms with van der Waals surface area (Å²) in [4.78, 5) is 22.8. The van der Waals surface area contributed by atoms with E-state index in [0.29, 0.717) is 24.3 Å². The van der Waals surface area contributed by atoms with E-state index in [-0.39, 0.29) is 5.91 Å². The van der Waals surface area contributed by atoms with E-state index in [0.717, 1.165) is 5.56 Å². The van der Waals surface area contributed by atoms with Crippen LogP contribution in [0.25, 0.3) is 0 Å². The molecule has 1 atom stereocenters. The van der Waals surface area contributed by atoms with Crippen LogP contribution in [0.1, 0.15) is 25.3 Å². The monoisotopic (exact) mass is 247 g/mol. The molecular formula is C13H13NO4. The van der Waals surface area contributed by atoms with Gasteiger partial charge in [-0.3, -0.25) is 9.59 Å². The van der Waals surface area contributed by atoms with Gasteiger partial charge in [0.05, 0.1) is 11.1 Å². The molecule has 1 aromatic rings. The van der Waals surface area contributed by atoms with Crippen molar-refractivity contribution in [1.82, 2.24) is 0 Å². The van der Waals surface area contributed by atoms with Gasteiger partial charge in [-0.1, -0.05) is 6.07 Å². The molecule has 1 unspecified atom stereocenters. The Balaban J connectivity index is 2.00. The van der Waals surface area contributed by atoms with Gasteiger partial charge in [0.25, 0.3) is 5.91 Å². The normalized spacial score (nSPS) is 23.6. The molecule has 94 valence electrons. The number of fused-ring (bicyclic) bond motifs is 1. The van der Waals surface area contributed by atoms with Crippen LogP contribution in [-0.4, -0.2) is 23.1 Å². The minimum absolute atomic E-state index is 0.208. The number of benzene rings is 1. The Morgan fingerprint density at radius 1 is 1.50 bits per heavy atom. The van der Waals surface area contributed by atoms with E-state index in [1.165, 1.54) is 0 Å². The van der Waals surface area contributed by atoms with Crippen molar-refractivity contribution in [2.24, 2.45) is 0 Å². The molecule has 1 aliphatic heterocycles. The minimum atomic E-state index is -0.807. The summed E-state index contributed by atoms with van der Waals surface area (Å²) in [6, 6.07) is 5.20. The minimum Gasteiger partial charge on any atom is -0.481 e. The van der Waals surface area contributed by atoms with Crippen molar-refractivity contribution in [3.63, 3.8) is 0 Å². The van der Waals surface area contributed by atoms with Crippen LogP contribution in [0.4, 0.5) is 5.69 Å². The van der Waals surface area contributed by atoms with Crippen molar-refractivity contribution in [3.05, 3.63) is 23.8 Å². The number of hydrogen-bond acceptors (Lipinski definition) is 3. The third kappa shape index (κ3) is 1.47. The highest BCUT2D eigenvalue weighted by Crippen LogP contribution is 2.50. The molecule has 5 nitrogen and oxygen atoms in total. The van der Waals surface area contributed by atoms with Gasteiger partial charge in [0.2, 0.25) is 0 Å². The van der Waals surface area contributed by atoms with Crippen molar-refractivity contribution in [2.45, 2.75) is 31.3 Å². The third-order valence-electron chi connectivity index (χ3n) is 3.62. The van der Waals surface area contributed by atoms with Crippen LogP contribution < -0.4 is 10.1 Å². The van der Waals surface area contributed by atoms with E-state index < -0.39 is 17.5 Å². The molecule has 18 heavy (non-hydrogen) atoms. The number of rotatable bonds is 2. The Kier molecular flexibility index (Phi) is 2.14. The summed E-state index contributed by atoms with van der Waals surface area (Å²) in [6.45, 7) is 1.67. The molecule has 1 amide bonds.